The van der Waals surface area contributed by atoms with Gasteiger partial charge < -0.3 is 10.2 Å². The highest BCUT2D eigenvalue weighted by Gasteiger charge is 2.11. The minimum Gasteiger partial charge on any atom is -0.377 e. The zero-order chi connectivity index (χ0) is 14.0. The molecule has 0 saturated carbocycles. The maximum atomic E-state index is 5.99. The average molecular weight is 360 g/mol. The van der Waals surface area contributed by atoms with Crippen LogP contribution in [0.15, 0.2) is 34.1 Å². The van der Waals surface area contributed by atoms with Crippen LogP contribution in [0.3, 0.4) is 0 Å². The smallest absolute Gasteiger partial charge is 0.0931 e. The van der Waals surface area contributed by atoms with E-state index in [-0.39, 0.29) is 6.04 Å². The first-order chi connectivity index (χ1) is 8.97. The van der Waals surface area contributed by atoms with Crippen LogP contribution in [0.4, 0.5) is 11.4 Å². The highest BCUT2D eigenvalue weighted by Crippen LogP contribution is 2.32. The molecule has 0 aliphatic rings. The molecule has 0 radical (unpaired) electrons. The van der Waals surface area contributed by atoms with Crippen molar-refractivity contribution in [1.82, 2.24) is 0 Å². The van der Waals surface area contributed by atoms with E-state index in [2.05, 4.69) is 50.6 Å². The van der Waals surface area contributed by atoms with Crippen LogP contribution in [0, 0.1) is 0 Å². The van der Waals surface area contributed by atoms with Gasteiger partial charge in [-0.15, -0.1) is 11.3 Å². The van der Waals surface area contributed by atoms with Crippen LogP contribution in [0.1, 0.15) is 18.5 Å². The Morgan fingerprint density at radius 3 is 2.63 bits per heavy atom. The minimum atomic E-state index is 0.219. The lowest BCUT2D eigenvalue weighted by atomic mass is 10.1. The molecular weight excluding hydrogens is 344 g/mol. The third kappa shape index (κ3) is 3.65. The fourth-order valence-corrected chi connectivity index (χ4v) is 3.23. The molecule has 2 aromatic rings. The molecule has 0 saturated heterocycles. The van der Waals surface area contributed by atoms with Crippen LogP contribution >= 0.6 is 38.9 Å². The molecule has 1 aromatic carbocycles. The number of benzene rings is 1. The SMILES string of the molecule is CC(Nc1cc(Br)ccc1N(C)C)c1csc(Cl)c1. The van der Waals surface area contributed by atoms with Crippen molar-refractivity contribution in [2.45, 2.75) is 13.0 Å². The summed E-state index contributed by atoms with van der Waals surface area (Å²) in [5.74, 6) is 0. The second kappa shape index (κ2) is 6.16. The van der Waals surface area contributed by atoms with Crippen LogP contribution in [-0.4, -0.2) is 14.1 Å². The summed E-state index contributed by atoms with van der Waals surface area (Å²) in [6.07, 6.45) is 0. The van der Waals surface area contributed by atoms with Crippen molar-refractivity contribution in [3.8, 4) is 0 Å². The van der Waals surface area contributed by atoms with Crippen LogP contribution in [0.5, 0.6) is 0 Å². The summed E-state index contributed by atoms with van der Waals surface area (Å²) >= 11 is 11.1. The first-order valence-electron chi connectivity index (χ1n) is 5.94. The number of nitrogens with one attached hydrogen (secondary N) is 1. The normalized spacial score (nSPS) is 12.3. The van der Waals surface area contributed by atoms with Gasteiger partial charge >= 0.3 is 0 Å². The van der Waals surface area contributed by atoms with Crippen molar-refractivity contribution in [1.29, 1.82) is 0 Å². The summed E-state index contributed by atoms with van der Waals surface area (Å²) in [7, 11) is 4.08. The maximum absolute atomic E-state index is 5.99. The summed E-state index contributed by atoms with van der Waals surface area (Å²) < 4.78 is 1.89. The van der Waals surface area contributed by atoms with Gasteiger partial charge in [0, 0.05) is 24.6 Å². The third-order valence-corrected chi connectivity index (χ3v) is 4.50. The van der Waals surface area contributed by atoms with Gasteiger partial charge in [0.15, 0.2) is 0 Å². The van der Waals surface area contributed by atoms with E-state index in [9.17, 15) is 0 Å². The molecule has 102 valence electrons. The molecule has 1 N–H and O–H groups in total. The van der Waals surface area contributed by atoms with Crippen LogP contribution in [0.25, 0.3) is 0 Å². The second-order valence-electron chi connectivity index (χ2n) is 4.61. The van der Waals surface area contributed by atoms with Crippen molar-refractivity contribution in [3.63, 3.8) is 0 Å². The Bertz CT molecular complexity index is 568. The summed E-state index contributed by atoms with van der Waals surface area (Å²) in [6, 6.07) is 8.47. The maximum Gasteiger partial charge on any atom is 0.0931 e. The van der Waals surface area contributed by atoms with Gasteiger partial charge in [0.25, 0.3) is 0 Å². The van der Waals surface area contributed by atoms with Gasteiger partial charge in [-0.25, -0.2) is 0 Å². The molecule has 1 atom stereocenters. The van der Waals surface area contributed by atoms with Crippen molar-refractivity contribution < 1.29 is 0 Å². The first kappa shape index (κ1) is 14.7. The van der Waals surface area contributed by atoms with E-state index < -0.39 is 0 Å². The molecule has 0 bridgehead atoms. The van der Waals surface area contributed by atoms with Gasteiger partial charge in [-0.05, 0) is 42.1 Å². The molecule has 2 nitrogen and oxygen atoms in total. The Balaban J connectivity index is 2.25. The number of anilines is 2. The lowest BCUT2D eigenvalue weighted by molar-refractivity contribution is 0.888. The summed E-state index contributed by atoms with van der Waals surface area (Å²) in [5, 5.41) is 5.63. The lowest BCUT2D eigenvalue weighted by Gasteiger charge is -2.22. The first-order valence-corrected chi connectivity index (χ1v) is 8.00. The predicted molar refractivity (Wildman–Crippen MR) is 89.8 cm³/mol. The summed E-state index contributed by atoms with van der Waals surface area (Å²) in [4.78, 5) is 2.10. The van der Waals surface area contributed by atoms with Gasteiger partial charge in [0.1, 0.15) is 0 Å². The van der Waals surface area contributed by atoms with Gasteiger partial charge in [-0.3, -0.25) is 0 Å². The summed E-state index contributed by atoms with van der Waals surface area (Å²) in [5.41, 5.74) is 3.48. The average Bonchev–Trinajstić information content (AvgIpc) is 2.75. The van der Waals surface area contributed by atoms with Crippen LogP contribution in [-0.2, 0) is 0 Å². The van der Waals surface area contributed by atoms with E-state index >= 15 is 0 Å². The Morgan fingerprint density at radius 2 is 2.05 bits per heavy atom. The van der Waals surface area contributed by atoms with E-state index in [1.54, 1.807) is 11.3 Å². The molecule has 0 amide bonds. The monoisotopic (exact) mass is 358 g/mol. The Labute approximate surface area is 131 Å². The van der Waals surface area contributed by atoms with E-state index in [0.717, 1.165) is 20.2 Å². The van der Waals surface area contributed by atoms with E-state index in [1.165, 1.54) is 5.56 Å². The Kier molecular flexibility index (Phi) is 4.76. The molecule has 0 fully saturated rings. The molecular formula is C14H16BrClN2S. The van der Waals surface area contributed by atoms with Crippen molar-refractivity contribution in [3.05, 3.63) is 44.0 Å². The number of nitrogens with zero attached hydrogens (tertiary/aromatic N) is 1. The number of rotatable bonds is 4. The minimum absolute atomic E-state index is 0.219. The molecule has 0 aliphatic carbocycles. The number of hydrogen-bond donors (Lipinski definition) is 1. The number of hydrogen-bond acceptors (Lipinski definition) is 3. The molecule has 5 heteroatoms. The van der Waals surface area contributed by atoms with E-state index in [1.807, 2.05) is 26.2 Å². The quantitative estimate of drug-likeness (QED) is 0.786. The molecule has 1 unspecified atom stereocenters. The van der Waals surface area contributed by atoms with Crippen LogP contribution < -0.4 is 10.2 Å². The molecule has 2 rings (SSSR count). The van der Waals surface area contributed by atoms with Crippen molar-refractivity contribution in [2.24, 2.45) is 0 Å². The van der Waals surface area contributed by atoms with Gasteiger partial charge in [-0.1, -0.05) is 27.5 Å². The number of halogens is 2. The molecule has 19 heavy (non-hydrogen) atoms. The van der Waals surface area contributed by atoms with Crippen LogP contribution in [0.2, 0.25) is 4.34 Å². The third-order valence-electron chi connectivity index (χ3n) is 2.90. The second-order valence-corrected chi connectivity index (χ2v) is 7.06. The topological polar surface area (TPSA) is 15.3 Å². The molecule has 0 spiro atoms. The fraction of sp³-hybridized carbons (Fsp3) is 0.286. The molecule has 0 aliphatic heterocycles. The van der Waals surface area contributed by atoms with E-state index in [0.29, 0.717) is 0 Å². The fourth-order valence-electron chi connectivity index (χ4n) is 1.88. The van der Waals surface area contributed by atoms with Gasteiger partial charge in [0.2, 0.25) is 0 Å². The largest absolute Gasteiger partial charge is 0.377 e. The van der Waals surface area contributed by atoms with Crippen molar-refractivity contribution in [2.75, 3.05) is 24.3 Å². The Hall–Kier alpha value is -0.710. The summed E-state index contributed by atoms with van der Waals surface area (Å²) in [6.45, 7) is 2.14. The zero-order valence-electron chi connectivity index (χ0n) is 11.1. The number of thiophene rings is 1. The highest BCUT2D eigenvalue weighted by molar-refractivity contribution is 9.10. The lowest BCUT2D eigenvalue weighted by Crippen LogP contribution is -2.13. The van der Waals surface area contributed by atoms with Gasteiger partial charge in [0.05, 0.1) is 15.7 Å². The molecule has 1 aromatic heterocycles. The predicted octanol–water partition coefficient (Wildman–Crippen LogP) is 5.40. The van der Waals surface area contributed by atoms with Crippen molar-refractivity contribution >= 4 is 50.2 Å². The Morgan fingerprint density at radius 1 is 1.32 bits per heavy atom. The highest BCUT2D eigenvalue weighted by atomic mass is 79.9. The van der Waals surface area contributed by atoms with E-state index in [4.69, 9.17) is 11.6 Å². The standard InChI is InChI=1S/C14H16BrClN2S/c1-9(10-6-14(16)19-8-10)17-12-7-11(15)4-5-13(12)18(2)3/h4-9,17H,1-3H3. The zero-order valence-corrected chi connectivity index (χ0v) is 14.2. The molecule has 1 heterocycles. The van der Waals surface area contributed by atoms with Gasteiger partial charge in [-0.2, -0.15) is 0 Å².